The van der Waals surface area contributed by atoms with Gasteiger partial charge in [-0.25, -0.2) is 0 Å². The molecular formula is C27H38N4O2S2. The van der Waals surface area contributed by atoms with Gasteiger partial charge in [0.2, 0.25) is 6.79 Å². The van der Waals surface area contributed by atoms with Crippen molar-refractivity contribution >= 4 is 34.7 Å². The Morgan fingerprint density at radius 3 is 2.66 bits per heavy atom. The zero-order chi connectivity index (χ0) is 25.1. The second kappa shape index (κ2) is 11.4. The van der Waals surface area contributed by atoms with Gasteiger partial charge in [0.25, 0.3) is 0 Å². The van der Waals surface area contributed by atoms with Crippen LogP contribution in [0.5, 0.6) is 11.5 Å². The van der Waals surface area contributed by atoms with Crippen LogP contribution in [0.25, 0.3) is 0 Å². The van der Waals surface area contributed by atoms with Crippen molar-refractivity contribution < 1.29 is 9.47 Å². The molecule has 8 heteroatoms. The second-order valence-electron chi connectivity index (χ2n) is 10.1. The molecule has 3 unspecified atom stereocenters. The van der Waals surface area contributed by atoms with Gasteiger partial charge in [-0.2, -0.15) is 0 Å². The SMILES string of the molecule is C/C1=C/C(=N)C2=C(CCC(C)C1)N(CCCN)C(Sc1cc3c(cc1C(N)=S)OCO3)C(C)CC2. The molecule has 190 valence electrons. The summed E-state index contributed by atoms with van der Waals surface area (Å²) >= 11 is 7.22. The fraction of sp³-hybridized carbons (Fsp3) is 0.556. The van der Waals surface area contributed by atoms with E-state index in [1.807, 2.05) is 12.1 Å². The smallest absolute Gasteiger partial charge is 0.231 e. The maximum atomic E-state index is 8.98. The van der Waals surface area contributed by atoms with E-state index in [-0.39, 0.29) is 12.2 Å². The van der Waals surface area contributed by atoms with Gasteiger partial charge in [-0.05, 0) is 87.6 Å². The number of benzene rings is 1. The van der Waals surface area contributed by atoms with Gasteiger partial charge in [-0.3, -0.25) is 0 Å². The van der Waals surface area contributed by atoms with E-state index in [0.717, 1.165) is 61.3 Å². The lowest BCUT2D eigenvalue weighted by atomic mass is 9.96. The fourth-order valence-electron chi connectivity index (χ4n) is 5.35. The number of hydrogen-bond acceptors (Lipinski definition) is 7. The fourth-order valence-corrected chi connectivity index (χ4v) is 7.04. The molecule has 0 radical (unpaired) electrons. The molecule has 0 amide bonds. The summed E-state index contributed by atoms with van der Waals surface area (Å²) in [4.78, 5) is 3.93. The molecule has 3 aliphatic rings. The Labute approximate surface area is 219 Å². The van der Waals surface area contributed by atoms with E-state index in [4.69, 9.17) is 38.6 Å². The maximum Gasteiger partial charge on any atom is 0.231 e. The summed E-state index contributed by atoms with van der Waals surface area (Å²) in [5.74, 6) is 2.41. The molecule has 0 bridgehead atoms. The highest BCUT2D eigenvalue weighted by molar-refractivity contribution is 8.00. The van der Waals surface area contributed by atoms with Crippen LogP contribution in [0.15, 0.2) is 39.9 Å². The number of thiocarbonyl (C=S) groups is 1. The van der Waals surface area contributed by atoms with Gasteiger partial charge >= 0.3 is 0 Å². The van der Waals surface area contributed by atoms with Crippen molar-refractivity contribution in [3.8, 4) is 11.5 Å². The Morgan fingerprint density at radius 1 is 1.20 bits per heavy atom. The molecule has 1 aromatic carbocycles. The molecule has 5 N–H and O–H groups in total. The van der Waals surface area contributed by atoms with Crippen LogP contribution in [0.3, 0.4) is 0 Å². The van der Waals surface area contributed by atoms with E-state index in [1.165, 1.54) is 16.8 Å². The molecule has 0 fully saturated rings. The number of thioether (sulfide) groups is 1. The molecule has 0 saturated heterocycles. The van der Waals surface area contributed by atoms with Crippen molar-refractivity contribution in [3.05, 3.63) is 40.6 Å². The molecule has 3 atom stereocenters. The summed E-state index contributed by atoms with van der Waals surface area (Å²) in [5, 5.41) is 9.16. The first-order valence-electron chi connectivity index (χ1n) is 12.6. The van der Waals surface area contributed by atoms with Crippen LogP contribution in [0.4, 0.5) is 0 Å². The van der Waals surface area contributed by atoms with Crippen molar-refractivity contribution in [1.82, 2.24) is 4.90 Å². The van der Waals surface area contributed by atoms with Crippen molar-refractivity contribution in [2.75, 3.05) is 19.9 Å². The lowest BCUT2D eigenvalue weighted by Crippen LogP contribution is -2.38. The third kappa shape index (κ3) is 5.87. The summed E-state index contributed by atoms with van der Waals surface area (Å²) in [6, 6.07) is 3.93. The van der Waals surface area contributed by atoms with Crippen molar-refractivity contribution in [2.24, 2.45) is 23.3 Å². The monoisotopic (exact) mass is 514 g/mol. The van der Waals surface area contributed by atoms with Gasteiger partial charge in [0.1, 0.15) is 4.99 Å². The van der Waals surface area contributed by atoms with Crippen LogP contribution < -0.4 is 20.9 Å². The van der Waals surface area contributed by atoms with E-state index in [1.54, 1.807) is 11.8 Å². The topological polar surface area (TPSA) is 97.6 Å². The number of rotatable bonds is 6. The summed E-state index contributed by atoms with van der Waals surface area (Å²) in [6.07, 6.45) is 8.10. The van der Waals surface area contributed by atoms with Crippen LogP contribution >= 0.6 is 24.0 Å². The minimum atomic E-state index is 0.177. The van der Waals surface area contributed by atoms with Crippen LogP contribution in [0, 0.1) is 17.2 Å². The minimum Gasteiger partial charge on any atom is -0.454 e. The molecule has 4 rings (SSSR count). The molecule has 2 aliphatic heterocycles. The zero-order valence-electron chi connectivity index (χ0n) is 21.1. The number of allylic oxidation sites excluding steroid dienone is 4. The van der Waals surface area contributed by atoms with Crippen molar-refractivity contribution in [3.63, 3.8) is 0 Å². The van der Waals surface area contributed by atoms with Gasteiger partial charge < -0.3 is 31.3 Å². The quantitative estimate of drug-likeness (QED) is 0.426. The lowest BCUT2D eigenvalue weighted by molar-refractivity contribution is 0.174. The average molecular weight is 515 g/mol. The van der Waals surface area contributed by atoms with E-state index < -0.39 is 0 Å². The van der Waals surface area contributed by atoms with E-state index >= 15 is 0 Å². The molecule has 1 aromatic rings. The largest absolute Gasteiger partial charge is 0.454 e. The first kappa shape index (κ1) is 26.0. The number of nitrogens with one attached hydrogen (secondary N) is 1. The standard InChI is InChI=1S/C27H38N4O2S2/c1-16-5-8-22-19(21(29)12-17(2)11-16)7-6-18(3)27(31(22)10-4-9-28)35-25-14-24-23(32-15-33-24)13-20(25)26(30)34/h12-14,16,18,27,29H,4-11,15,28H2,1-3H3,(H2,30,34)/b17-12-,29-21?. The summed E-state index contributed by atoms with van der Waals surface area (Å²) < 4.78 is 11.3. The first-order valence-corrected chi connectivity index (χ1v) is 13.9. The zero-order valence-corrected chi connectivity index (χ0v) is 22.7. The van der Waals surface area contributed by atoms with Gasteiger partial charge in [0, 0.05) is 22.7 Å². The van der Waals surface area contributed by atoms with Crippen LogP contribution in [0.1, 0.15) is 64.9 Å². The Balaban J connectivity index is 1.76. The third-order valence-corrected chi connectivity index (χ3v) is 8.96. The summed E-state index contributed by atoms with van der Waals surface area (Å²) in [5.41, 5.74) is 17.5. The molecular weight excluding hydrogens is 476 g/mol. The van der Waals surface area contributed by atoms with Crippen LogP contribution in [-0.2, 0) is 0 Å². The summed E-state index contributed by atoms with van der Waals surface area (Å²) in [6.45, 7) is 8.53. The predicted octanol–water partition coefficient (Wildman–Crippen LogP) is 5.59. The highest BCUT2D eigenvalue weighted by atomic mass is 32.2. The molecule has 0 aromatic heterocycles. The molecule has 0 spiro atoms. The Kier molecular flexibility index (Phi) is 8.45. The number of fused-ring (bicyclic) bond motifs is 1. The second-order valence-corrected chi connectivity index (χ2v) is 11.7. The van der Waals surface area contributed by atoms with Crippen molar-refractivity contribution in [1.29, 1.82) is 5.41 Å². The highest BCUT2D eigenvalue weighted by Gasteiger charge is 2.34. The number of nitrogens with zero attached hydrogens (tertiary/aromatic N) is 1. The van der Waals surface area contributed by atoms with E-state index in [9.17, 15) is 0 Å². The Bertz CT molecular complexity index is 1050. The van der Waals surface area contributed by atoms with E-state index in [2.05, 4.69) is 31.7 Å². The summed E-state index contributed by atoms with van der Waals surface area (Å²) in [7, 11) is 0. The third-order valence-electron chi connectivity index (χ3n) is 7.19. The van der Waals surface area contributed by atoms with E-state index in [0.29, 0.717) is 34.8 Å². The van der Waals surface area contributed by atoms with Crippen LogP contribution in [0.2, 0.25) is 0 Å². The number of ether oxygens (including phenoxy) is 2. The lowest BCUT2D eigenvalue weighted by Gasteiger charge is -2.38. The first-order chi connectivity index (χ1) is 16.8. The predicted molar refractivity (Wildman–Crippen MR) is 148 cm³/mol. The Morgan fingerprint density at radius 2 is 1.94 bits per heavy atom. The minimum absolute atomic E-state index is 0.177. The Hall–Kier alpha value is -2.03. The normalized spacial score (nSPS) is 26.3. The number of nitrogens with two attached hydrogens (primary N) is 2. The van der Waals surface area contributed by atoms with Crippen LogP contribution in [-0.4, -0.2) is 40.9 Å². The van der Waals surface area contributed by atoms with Gasteiger partial charge in [0.15, 0.2) is 11.5 Å². The molecule has 0 saturated carbocycles. The maximum absolute atomic E-state index is 8.98. The van der Waals surface area contributed by atoms with Crippen molar-refractivity contribution in [2.45, 2.75) is 69.6 Å². The van der Waals surface area contributed by atoms with Gasteiger partial charge in [-0.15, -0.1) is 0 Å². The van der Waals surface area contributed by atoms with Gasteiger partial charge in [-0.1, -0.05) is 43.4 Å². The molecule has 2 heterocycles. The molecule has 6 nitrogen and oxygen atoms in total. The molecule has 1 aliphatic carbocycles. The number of hydrogen-bond donors (Lipinski definition) is 3. The highest BCUT2D eigenvalue weighted by Crippen LogP contribution is 2.45. The molecule has 35 heavy (non-hydrogen) atoms. The van der Waals surface area contributed by atoms with Gasteiger partial charge in [0.05, 0.1) is 11.1 Å². The average Bonchev–Trinajstić information content (AvgIpc) is 3.23.